The third-order valence-electron chi connectivity index (χ3n) is 7.04. The van der Waals surface area contributed by atoms with E-state index in [1.165, 1.54) is 24.8 Å². The second-order valence-corrected chi connectivity index (χ2v) is 8.65. The Morgan fingerprint density at radius 2 is 2.04 bits per heavy atom. The van der Waals surface area contributed by atoms with Crippen molar-refractivity contribution in [3.8, 4) is 11.8 Å². The molecule has 5 unspecified atom stereocenters. The molecular formula is C22H32O4. The van der Waals surface area contributed by atoms with E-state index in [1.54, 1.807) is 0 Å². The number of allylic oxidation sites excluding steroid dienone is 2. The Morgan fingerprint density at radius 1 is 1.31 bits per heavy atom. The Bertz CT molecular complexity index is 607. The average Bonchev–Trinajstić information content (AvgIpc) is 2.63. The first kappa shape index (κ1) is 19.5. The maximum absolute atomic E-state index is 10.7. The van der Waals surface area contributed by atoms with Gasteiger partial charge in [0.15, 0.2) is 0 Å². The summed E-state index contributed by atoms with van der Waals surface area (Å²) in [5.74, 6) is 6.08. The number of aliphatic carboxylic acids is 1. The molecule has 0 saturated heterocycles. The minimum absolute atomic E-state index is 0.0346. The van der Waals surface area contributed by atoms with Gasteiger partial charge in [0.05, 0.1) is 12.0 Å². The average molecular weight is 360 g/mol. The van der Waals surface area contributed by atoms with Crippen molar-refractivity contribution in [1.29, 1.82) is 0 Å². The fourth-order valence-electron chi connectivity index (χ4n) is 5.20. The van der Waals surface area contributed by atoms with Gasteiger partial charge in [-0.1, -0.05) is 49.7 Å². The van der Waals surface area contributed by atoms with Crippen LogP contribution in [-0.4, -0.2) is 33.5 Å². The minimum Gasteiger partial charge on any atom is -0.481 e. The van der Waals surface area contributed by atoms with Crippen molar-refractivity contribution in [2.45, 2.75) is 83.3 Å². The first-order valence-electron chi connectivity index (χ1n) is 10.2. The maximum Gasteiger partial charge on any atom is 0.303 e. The fourth-order valence-corrected chi connectivity index (χ4v) is 5.20. The van der Waals surface area contributed by atoms with Gasteiger partial charge in [-0.15, -0.1) is 0 Å². The van der Waals surface area contributed by atoms with Crippen molar-refractivity contribution in [3.05, 3.63) is 11.6 Å². The molecule has 0 aromatic rings. The number of carboxylic acids is 1. The molecule has 5 atom stereocenters. The molecule has 0 amide bonds. The van der Waals surface area contributed by atoms with Crippen molar-refractivity contribution in [2.75, 3.05) is 0 Å². The Labute approximate surface area is 156 Å². The summed E-state index contributed by atoms with van der Waals surface area (Å²) in [7, 11) is 0. The third-order valence-corrected chi connectivity index (χ3v) is 7.04. The molecule has 26 heavy (non-hydrogen) atoms. The summed E-state index contributed by atoms with van der Waals surface area (Å²) in [5.41, 5.74) is 1.36. The molecule has 0 spiro atoms. The minimum atomic E-state index is -0.762. The van der Waals surface area contributed by atoms with Gasteiger partial charge in [0, 0.05) is 6.42 Å². The zero-order valence-electron chi connectivity index (χ0n) is 15.8. The largest absolute Gasteiger partial charge is 0.481 e. The second-order valence-electron chi connectivity index (χ2n) is 8.65. The SMILES string of the molecule is CC12CCC(O)C(C#CC(O)C3CCCCC3)C1C/C2=C/CCC(=O)O. The van der Waals surface area contributed by atoms with E-state index in [9.17, 15) is 15.0 Å². The molecule has 0 radical (unpaired) electrons. The fraction of sp³-hybridized carbons (Fsp3) is 0.773. The Morgan fingerprint density at radius 3 is 2.73 bits per heavy atom. The van der Waals surface area contributed by atoms with Crippen LogP contribution >= 0.6 is 0 Å². The molecule has 0 bridgehead atoms. The number of rotatable bonds is 4. The molecule has 144 valence electrons. The van der Waals surface area contributed by atoms with Crippen molar-refractivity contribution in [3.63, 3.8) is 0 Å². The lowest BCUT2D eigenvalue weighted by atomic mass is 9.48. The molecule has 3 aliphatic rings. The van der Waals surface area contributed by atoms with Crippen LogP contribution in [0.1, 0.15) is 71.1 Å². The number of carbonyl (C=O) groups is 1. The van der Waals surface area contributed by atoms with E-state index in [2.05, 4.69) is 24.8 Å². The van der Waals surface area contributed by atoms with Crippen LogP contribution in [0, 0.1) is 35.0 Å². The van der Waals surface area contributed by atoms with Crippen LogP contribution in [0.2, 0.25) is 0 Å². The zero-order chi connectivity index (χ0) is 18.7. The number of hydrogen-bond donors (Lipinski definition) is 3. The summed E-state index contributed by atoms with van der Waals surface area (Å²) < 4.78 is 0. The lowest BCUT2D eigenvalue weighted by Crippen LogP contribution is -2.51. The molecule has 4 nitrogen and oxygen atoms in total. The van der Waals surface area contributed by atoms with Crippen LogP contribution < -0.4 is 0 Å². The standard InChI is InChI=1S/C22H32O4/c1-22-13-12-20(24)17(10-11-19(23)15-6-3-2-4-7-15)18(22)14-16(22)8-5-9-21(25)26/h8,15,17-20,23-24H,2-7,9,12-14H2,1H3,(H,25,26)/b16-8-. The van der Waals surface area contributed by atoms with Crippen molar-refractivity contribution in [1.82, 2.24) is 0 Å². The molecule has 0 aromatic heterocycles. The lowest BCUT2D eigenvalue weighted by molar-refractivity contribution is -0.136. The van der Waals surface area contributed by atoms with E-state index >= 15 is 0 Å². The van der Waals surface area contributed by atoms with Gasteiger partial charge < -0.3 is 15.3 Å². The molecule has 0 aliphatic heterocycles. The van der Waals surface area contributed by atoms with Gasteiger partial charge in [0.2, 0.25) is 0 Å². The molecule has 0 heterocycles. The number of carboxylic acid groups (broad SMARTS) is 1. The Balaban J connectivity index is 1.65. The number of aliphatic hydroxyl groups is 2. The van der Waals surface area contributed by atoms with Gasteiger partial charge in [-0.3, -0.25) is 4.79 Å². The summed E-state index contributed by atoms with van der Waals surface area (Å²) in [5, 5.41) is 29.7. The van der Waals surface area contributed by atoms with E-state index in [0.29, 0.717) is 12.3 Å². The van der Waals surface area contributed by atoms with Crippen LogP contribution in [0.5, 0.6) is 0 Å². The Kier molecular flexibility index (Phi) is 6.10. The molecule has 3 aliphatic carbocycles. The first-order chi connectivity index (χ1) is 12.4. The van der Waals surface area contributed by atoms with Gasteiger partial charge in [-0.2, -0.15) is 0 Å². The van der Waals surface area contributed by atoms with Gasteiger partial charge in [-0.25, -0.2) is 0 Å². The van der Waals surface area contributed by atoms with Crippen molar-refractivity contribution >= 4 is 5.97 Å². The highest BCUT2D eigenvalue weighted by Gasteiger charge is 2.54. The van der Waals surface area contributed by atoms with Crippen LogP contribution in [0.15, 0.2) is 11.6 Å². The van der Waals surface area contributed by atoms with E-state index in [0.717, 1.165) is 32.1 Å². The summed E-state index contributed by atoms with van der Waals surface area (Å²) in [6, 6.07) is 0. The third kappa shape index (κ3) is 4.00. The van der Waals surface area contributed by atoms with Crippen molar-refractivity contribution in [2.24, 2.45) is 23.2 Å². The molecule has 0 aromatic carbocycles. The Hall–Kier alpha value is -1.31. The second kappa shape index (κ2) is 8.15. The topological polar surface area (TPSA) is 77.8 Å². The van der Waals surface area contributed by atoms with E-state index < -0.39 is 18.2 Å². The quantitative estimate of drug-likeness (QED) is 0.529. The predicted octanol–water partition coefficient (Wildman–Crippen LogP) is 3.52. The summed E-state index contributed by atoms with van der Waals surface area (Å²) in [6.07, 6.45) is 10.1. The maximum atomic E-state index is 10.7. The molecule has 3 saturated carbocycles. The lowest BCUT2D eigenvalue weighted by Gasteiger charge is -2.57. The molecule has 4 heteroatoms. The van der Waals surface area contributed by atoms with Crippen molar-refractivity contribution < 1.29 is 20.1 Å². The van der Waals surface area contributed by atoms with E-state index in [4.69, 9.17) is 5.11 Å². The summed E-state index contributed by atoms with van der Waals surface area (Å²) >= 11 is 0. The molecule has 3 rings (SSSR count). The summed E-state index contributed by atoms with van der Waals surface area (Å²) in [4.78, 5) is 10.7. The number of aliphatic hydroxyl groups excluding tert-OH is 2. The van der Waals surface area contributed by atoms with Crippen LogP contribution in [0.4, 0.5) is 0 Å². The van der Waals surface area contributed by atoms with Gasteiger partial charge >= 0.3 is 5.97 Å². The van der Waals surface area contributed by atoms with Crippen LogP contribution in [-0.2, 0) is 4.79 Å². The van der Waals surface area contributed by atoms with Crippen LogP contribution in [0.25, 0.3) is 0 Å². The van der Waals surface area contributed by atoms with Crippen LogP contribution in [0.3, 0.4) is 0 Å². The molecular weight excluding hydrogens is 328 g/mol. The van der Waals surface area contributed by atoms with E-state index in [-0.39, 0.29) is 23.7 Å². The van der Waals surface area contributed by atoms with Gasteiger partial charge in [0.1, 0.15) is 6.10 Å². The normalized spacial score (nSPS) is 37.2. The smallest absolute Gasteiger partial charge is 0.303 e. The highest BCUT2D eigenvalue weighted by Crippen LogP contribution is 2.60. The van der Waals surface area contributed by atoms with Gasteiger partial charge in [0.25, 0.3) is 0 Å². The highest BCUT2D eigenvalue weighted by atomic mass is 16.4. The molecule has 3 N–H and O–H groups in total. The summed E-state index contributed by atoms with van der Waals surface area (Å²) in [6.45, 7) is 2.23. The highest BCUT2D eigenvalue weighted by molar-refractivity contribution is 5.66. The first-order valence-corrected chi connectivity index (χ1v) is 10.2. The number of hydrogen-bond acceptors (Lipinski definition) is 3. The molecule has 3 fully saturated rings. The zero-order valence-corrected chi connectivity index (χ0v) is 15.8. The number of fused-ring (bicyclic) bond motifs is 1. The predicted molar refractivity (Wildman–Crippen MR) is 100 cm³/mol. The monoisotopic (exact) mass is 360 g/mol. The van der Waals surface area contributed by atoms with E-state index in [1.807, 2.05) is 0 Å². The van der Waals surface area contributed by atoms with Gasteiger partial charge in [-0.05, 0) is 55.8 Å².